The summed E-state index contributed by atoms with van der Waals surface area (Å²) in [5, 5.41) is 15.1. The van der Waals surface area contributed by atoms with E-state index in [0.717, 1.165) is 24.5 Å². The van der Waals surface area contributed by atoms with Crippen LogP contribution >= 0.6 is 0 Å². The molecule has 2 rings (SSSR count). The van der Waals surface area contributed by atoms with Gasteiger partial charge in [-0.2, -0.15) is 5.10 Å². The van der Waals surface area contributed by atoms with E-state index in [9.17, 15) is 0 Å². The first-order chi connectivity index (χ1) is 9.22. The van der Waals surface area contributed by atoms with Crippen molar-refractivity contribution < 1.29 is 0 Å². The van der Waals surface area contributed by atoms with Crippen LogP contribution in [0.15, 0.2) is 40.6 Å². The number of benzene rings is 1. The van der Waals surface area contributed by atoms with Gasteiger partial charge in [0.25, 0.3) is 0 Å². The number of aryl methyl sites for hydroxylation is 1. The summed E-state index contributed by atoms with van der Waals surface area (Å²) >= 11 is 0. The molecule has 0 bridgehead atoms. The average molecular weight is 257 g/mol. The van der Waals surface area contributed by atoms with Crippen molar-refractivity contribution in [3.63, 3.8) is 0 Å². The quantitative estimate of drug-likeness (QED) is 0.824. The maximum Gasteiger partial charge on any atom is 0.195 e. The van der Waals surface area contributed by atoms with E-state index >= 15 is 0 Å². The van der Waals surface area contributed by atoms with E-state index in [0.29, 0.717) is 5.82 Å². The molecule has 0 aliphatic heterocycles. The Balaban J connectivity index is 2.08. The predicted molar refractivity (Wildman–Crippen MR) is 77.5 cm³/mol. The van der Waals surface area contributed by atoms with E-state index in [1.165, 1.54) is 5.69 Å². The van der Waals surface area contributed by atoms with E-state index < -0.39 is 0 Å². The topological polar surface area (TPSA) is 56.6 Å². The van der Waals surface area contributed by atoms with Gasteiger partial charge in [0, 0.05) is 30.5 Å². The molecular weight excluding hydrogens is 238 g/mol. The monoisotopic (exact) mass is 257 g/mol. The molecule has 100 valence electrons. The summed E-state index contributed by atoms with van der Waals surface area (Å²) in [7, 11) is 0. The first-order valence-corrected chi connectivity index (χ1v) is 6.51. The smallest absolute Gasteiger partial charge is 0.195 e. The number of H-pyrrole nitrogens is 1. The second kappa shape index (κ2) is 6.13. The van der Waals surface area contributed by atoms with Gasteiger partial charge in [-0.15, -0.1) is 10.2 Å². The molecule has 0 spiro atoms. The normalized spacial score (nSPS) is 11.1. The molecule has 0 atom stereocenters. The minimum atomic E-state index is 0.602. The van der Waals surface area contributed by atoms with Crippen LogP contribution in [0.2, 0.25) is 0 Å². The van der Waals surface area contributed by atoms with Crippen molar-refractivity contribution in [3.05, 3.63) is 36.0 Å². The summed E-state index contributed by atoms with van der Waals surface area (Å²) in [5.74, 6) is 0.602. The zero-order valence-electron chi connectivity index (χ0n) is 11.6. The summed E-state index contributed by atoms with van der Waals surface area (Å²) in [4.78, 5) is 2.29. The Kier molecular flexibility index (Phi) is 4.28. The molecule has 0 unspecified atom stereocenters. The SMILES string of the molecule is CCN(CC)c1ccc(N=Nc2cc(C)[nH]n2)cc1. The molecule has 0 saturated heterocycles. The predicted octanol–water partition coefficient (Wildman–Crippen LogP) is 3.98. The van der Waals surface area contributed by atoms with E-state index in [1.54, 1.807) is 0 Å². The largest absolute Gasteiger partial charge is 0.372 e. The highest BCUT2D eigenvalue weighted by molar-refractivity contribution is 5.52. The molecular formula is C14H19N5. The second-order valence-electron chi connectivity index (χ2n) is 4.30. The lowest BCUT2D eigenvalue weighted by molar-refractivity contribution is 0.866. The number of rotatable bonds is 5. The molecule has 1 aromatic heterocycles. The zero-order chi connectivity index (χ0) is 13.7. The van der Waals surface area contributed by atoms with E-state index in [-0.39, 0.29) is 0 Å². The fourth-order valence-corrected chi connectivity index (χ4v) is 1.88. The third kappa shape index (κ3) is 3.40. The van der Waals surface area contributed by atoms with Crippen LogP contribution in [0.3, 0.4) is 0 Å². The molecule has 0 aliphatic carbocycles. The van der Waals surface area contributed by atoms with Gasteiger partial charge in [-0.1, -0.05) is 0 Å². The van der Waals surface area contributed by atoms with Crippen molar-refractivity contribution in [2.24, 2.45) is 10.2 Å². The highest BCUT2D eigenvalue weighted by Gasteiger charge is 2.01. The first kappa shape index (κ1) is 13.3. The van der Waals surface area contributed by atoms with Crippen LogP contribution in [0.1, 0.15) is 19.5 Å². The molecule has 1 N–H and O–H groups in total. The van der Waals surface area contributed by atoms with Gasteiger partial charge >= 0.3 is 0 Å². The highest BCUT2D eigenvalue weighted by Crippen LogP contribution is 2.21. The number of aromatic amines is 1. The Morgan fingerprint density at radius 2 is 1.79 bits per heavy atom. The molecule has 5 nitrogen and oxygen atoms in total. The lowest BCUT2D eigenvalue weighted by Crippen LogP contribution is -2.21. The van der Waals surface area contributed by atoms with Gasteiger partial charge in [0.15, 0.2) is 5.82 Å². The molecule has 0 fully saturated rings. The lowest BCUT2D eigenvalue weighted by Gasteiger charge is -2.20. The van der Waals surface area contributed by atoms with Crippen molar-refractivity contribution in [2.45, 2.75) is 20.8 Å². The summed E-state index contributed by atoms with van der Waals surface area (Å²) in [6, 6.07) is 9.93. The highest BCUT2D eigenvalue weighted by atomic mass is 15.2. The lowest BCUT2D eigenvalue weighted by atomic mass is 10.2. The Morgan fingerprint density at radius 3 is 2.32 bits per heavy atom. The van der Waals surface area contributed by atoms with Crippen LogP contribution in [0.25, 0.3) is 0 Å². The number of anilines is 1. The van der Waals surface area contributed by atoms with Gasteiger partial charge in [0.05, 0.1) is 5.69 Å². The van der Waals surface area contributed by atoms with Crippen molar-refractivity contribution in [3.8, 4) is 0 Å². The third-order valence-corrected chi connectivity index (χ3v) is 2.94. The van der Waals surface area contributed by atoms with Gasteiger partial charge in [-0.05, 0) is 45.0 Å². The van der Waals surface area contributed by atoms with Crippen LogP contribution in [0, 0.1) is 6.92 Å². The minimum absolute atomic E-state index is 0.602. The number of aromatic nitrogens is 2. The summed E-state index contributed by atoms with van der Waals surface area (Å²) in [6.07, 6.45) is 0. The fourth-order valence-electron chi connectivity index (χ4n) is 1.88. The van der Waals surface area contributed by atoms with Crippen molar-refractivity contribution in [1.82, 2.24) is 10.2 Å². The number of azo groups is 1. The molecule has 1 heterocycles. The van der Waals surface area contributed by atoms with Crippen LogP contribution in [0.5, 0.6) is 0 Å². The summed E-state index contributed by atoms with van der Waals surface area (Å²) in [6.45, 7) is 8.24. The van der Waals surface area contributed by atoms with Gasteiger partial charge in [-0.3, -0.25) is 5.10 Å². The maximum atomic E-state index is 4.17. The fraction of sp³-hybridized carbons (Fsp3) is 0.357. The Morgan fingerprint density at radius 1 is 1.11 bits per heavy atom. The Labute approximate surface area is 113 Å². The van der Waals surface area contributed by atoms with E-state index in [1.807, 2.05) is 25.1 Å². The van der Waals surface area contributed by atoms with Crippen LogP contribution in [-0.4, -0.2) is 23.3 Å². The van der Waals surface area contributed by atoms with Gasteiger partial charge in [0.1, 0.15) is 0 Å². The molecule has 2 aromatic rings. The van der Waals surface area contributed by atoms with Gasteiger partial charge in [-0.25, -0.2) is 0 Å². The molecule has 0 radical (unpaired) electrons. The molecule has 1 aromatic carbocycles. The van der Waals surface area contributed by atoms with Gasteiger partial charge < -0.3 is 4.90 Å². The maximum absolute atomic E-state index is 4.17. The minimum Gasteiger partial charge on any atom is -0.372 e. The van der Waals surface area contributed by atoms with Crippen molar-refractivity contribution >= 4 is 17.2 Å². The summed E-state index contributed by atoms with van der Waals surface area (Å²) < 4.78 is 0. The first-order valence-electron chi connectivity index (χ1n) is 6.51. The number of nitrogens with one attached hydrogen (secondary N) is 1. The molecule has 0 aliphatic rings. The van der Waals surface area contributed by atoms with Crippen LogP contribution in [-0.2, 0) is 0 Å². The standard InChI is InChI=1S/C14H19N5/c1-4-19(5-2)13-8-6-12(7-9-13)16-18-14-10-11(3)15-17-14/h6-10H,4-5H2,1-3H3,(H,15,17). The van der Waals surface area contributed by atoms with Crippen LogP contribution < -0.4 is 4.90 Å². The second-order valence-corrected chi connectivity index (χ2v) is 4.30. The third-order valence-electron chi connectivity index (χ3n) is 2.94. The van der Waals surface area contributed by atoms with E-state index in [4.69, 9.17) is 0 Å². The molecule has 0 saturated carbocycles. The Bertz CT molecular complexity index is 537. The molecule has 19 heavy (non-hydrogen) atoms. The average Bonchev–Trinajstić information content (AvgIpc) is 2.85. The Hall–Kier alpha value is -2.17. The zero-order valence-corrected chi connectivity index (χ0v) is 11.6. The van der Waals surface area contributed by atoms with Crippen molar-refractivity contribution in [2.75, 3.05) is 18.0 Å². The molecule has 5 heteroatoms. The summed E-state index contributed by atoms with van der Waals surface area (Å²) in [5.41, 5.74) is 3.02. The number of nitrogens with zero attached hydrogens (tertiary/aromatic N) is 4. The van der Waals surface area contributed by atoms with Crippen LogP contribution in [0.4, 0.5) is 17.2 Å². The van der Waals surface area contributed by atoms with E-state index in [2.05, 4.69) is 51.3 Å². The number of hydrogen-bond donors (Lipinski definition) is 1. The molecule has 0 amide bonds. The van der Waals surface area contributed by atoms with Gasteiger partial charge in [0.2, 0.25) is 0 Å². The van der Waals surface area contributed by atoms with Crippen molar-refractivity contribution in [1.29, 1.82) is 0 Å². The number of hydrogen-bond acceptors (Lipinski definition) is 4.